The van der Waals surface area contributed by atoms with Crippen molar-refractivity contribution in [3.63, 3.8) is 0 Å². The summed E-state index contributed by atoms with van der Waals surface area (Å²) in [6.07, 6.45) is -8.62. The van der Waals surface area contributed by atoms with Crippen molar-refractivity contribution < 1.29 is 68.3 Å². The van der Waals surface area contributed by atoms with Crippen LogP contribution in [0.5, 0.6) is 0 Å². The number of fused-ring (bicyclic) bond motifs is 1. The number of aliphatic hydroxyl groups excluding tert-OH is 4. The van der Waals surface area contributed by atoms with Gasteiger partial charge in [0.2, 0.25) is 6.29 Å². The lowest BCUT2D eigenvalue weighted by atomic mass is 9.80. The molecule has 0 radical (unpaired) electrons. The molecule has 2 aliphatic heterocycles. The first-order chi connectivity index (χ1) is 18.3. The second kappa shape index (κ2) is 12.9. The molecule has 0 aromatic heterocycles. The van der Waals surface area contributed by atoms with Gasteiger partial charge in [-0.1, -0.05) is 13.8 Å². The first kappa shape index (κ1) is 31.2. The maximum Gasteiger partial charge on any atom is 0.309 e. The molecule has 14 heteroatoms. The Hall–Kier alpha value is -2.33. The average molecular weight is 563 g/mol. The molecule has 3 aliphatic rings. The molecule has 1 saturated carbocycles. The molecule has 1 aliphatic carbocycles. The highest BCUT2D eigenvalue weighted by atomic mass is 16.7. The lowest BCUT2D eigenvalue weighted by Gasteiger charge is -2.41. The van der Waals surface area contributed by atoms with Crippen molar-refractivity contribution >= 4 is 17.9 Å². The SMILES string of the molecule is CC(=O)OC[C@]1(O)[C@H]2[C@H](OC(=O)CC(C)C)OC=C(CO[C@@H]3O[C@H](CO)[C@@H](O)[C@H](O)[C@H]3O)[C@H]2C[C@@H]1OC(C)=O. The topological polar surface area (TPSA) is 208 Å². The highest BCUT2D eigenvalue weighted by molar-refractivity contribution is 5.70. The third-order valence-corrected chi connectivity index (χ3v) is 7.06. The largest absolute Gasteiger partial charge is 0.463 e. The van der Waals surface area contributed by atoms with Crippen molar-refractivity contribution in [3.8, 4) is 0 Å². The molecule has 0 unspecified atom stereocenters. The van der Waals surface area contributed by atoms with Crippen LogP contribution in [0.3, 0.4) is 0 Å². The van der Waals surface area contributed by atoms with E-state index in [1.165, 1.54) is 6.26 Å². The zero-order valence-electron chi connectivity index (χ0n) is 22.3. The Morgan fingerprint density at radius 1 is 1.05 bits per heavy atom. The van der Waals surface area contributed by atoms with Crippen LogP contribution in [0.25, 0.3) is 0 Å². The summed E-state index contributed by atoms with van der Waals surface area (Å²) in [5.74, 6) is -3.74. The van der Waals surface area contributed by atoms with Crippen molar-refractivity contribution in [2.45, 2.75) is 89.2 Å². The van der Waals surface area contributed by atoms with E-state index in [2.05, 4.69) is 0 Å². The van der Waals surface area contributed by atoms with Crippen LogP contribution in [-0.2, 0) is 42.8 Å². The fourth-order valence-electron chi connectivity index (χ4n) is 5.17. The van der Waals surface area contributed by atoms with Gasteiger partial charge in [-0.2, -0.15) is 0 Å². The van der Waals surface area contributed by atoms with Crippen molar-refractivity contribution in [1.82, 2.24) is 0 Å². The minimum atomic E-state index is -2.01. The zero-order valence-corrected chi connectivity index (χ0v) is 22.3. The van der Waals surface area contributed by atoms with Crippen LogP contribution in [0.1, 0.15) is 40.5 Å². The molecule has 0 spiro atoms. The van der Waals surface area contributed by atoms with Gasteiger partial charge in [-0.25, -0.2) is 0 Å². The third-order valence-electron chi connectivity index (χ3n) is 7.06. The number of rotatable bonds is 10. The maximum absolute atomic E-state index is 12.5. The maximum atomic E-state index is 12.5. The van der Waals surface area contributed by atoms with E-state index in [0.29, 0.717) is 5.57 Å². The van der Waals surface area contributed by atoms with Gasteiger partial charge in [-0.15, -0.1) is 0 Å². The standard InChI is InChI=1S/C25H38O14/c1-11(2)5-18(29)39-23-19-15(6-17(37-13(4)28)25(19,33)10-36-12(3)27)14(8-34-23)9-35-24-22(32)21(31)20(30)16(7-26)38-24/h8,11,15-17,19-24,26,30-33H,5-7,9-10H2,1-4H3/t15-,16-,17+,19-,20-,21+,22-,23+,24-,25-/m1/s1. The molecular weight excluding hydrogens is 524 g/mol. The normalized spacial score (nSPS) is 37.9. The molecule has 2 heterocycles. The van der Waals surface area contributed by atoms with Crippen molar-refractivity contribution in [2.24, 2.45) is 17.8 Å². The Kier molecular flexibility index (Phi) is 10.3. The van der Waals surface area contributed by atoms with Gasteiger partial charge in [-0.05, 0) is 17.9 Å². The molecule has 0 aromatic carbocycles. The Labute approximate surface area is 225 Å². The van der Waals surface area contributed by atoms with E-state index in [-0.39, 0.29) is 25.4 Å². The highest BCUT2D eigenvalue weighted by Gasteiger charge is 2.63. The van der Waals surface area contributed by atoms with Crippen LogP contribution in [0.4, 0.5) is 0 Å². The summed E-state index contributed by atoms with van der Waals surface area (Å²) in [6.45, 7) is 4.44. The van der Waals surface area contributed by atoms with Gasteiger partial charge in [0, 0.05) is 26.2 Å². The van der Waals surface area contributed by atoms with E-state index in [1.807, 2.05) is 13.8 Å². The molecule has 0 bridgehead atoms. The van der Waals surface area contributed by atoms with E-state index in [4.69, 9.17) is 28.4 Å². The molecule has 1 saturated heterocycles. The summed E-state index contributed by atoms with van der Waals surface area (Å²) in [5.41, 5.74) is -1.61. The molecule has 3 rings (SSSR count). The number of carbonyl (C=O) groups is 3. The number of esters is 3. The minimum absolute atomic E-state index is 0.0211. The van der Waals surface area contributed by atoms with Gasteiger partial charge in [-0.3, -0.25) is 14.4 Å². The summed E-state index contributed by atoms with van der Waals surface area (Å²) in [6, 6.07) is 0. The zero-order chi connectivity index (χ0) is 29.1. The molecule has 222 valence electrons. The number of aliphatic hydroxyl groups is 5. The summed E-state index contributed by atoms with van der Waals surface area (Å²) < 4.78 is 32.8. The van der Waals surface area contributed by atoms with E-state index in [9.17, 15) is 39.9 Å². The summed E-state index contributed by atoms with van der Waals surface area (Å²) in [5, 5.41) is 51.5. The smallest absolute Gasteiger partial charge is 0.309 e. The van der Waals surface area contributed by atoms with E-state index in [0.717, 1.165) is 13.8 Å². The fraction of sp³-hybridized carbons (Fsp3) is 0.800. The Balaban J connectivity index is 1.88. The number of ether oxygens (including phenoxy) is 6. The van der Waals surface area contributed by atoms with E-state index in [1.54, 1.807) is 0 Å². The van der Waals surface area contributed by atoms with Gasteiger partial charge in [0.05, 0.1) is 25.4 Å². The molecule has 2 fully saturated rings. The first-order valence-electron chi connectivity index (χ1n) is 12.8. The first-order valence-corrected chi connectivity index (χ1v) is 12.8. The minimum Gasteiger partial charge on any atom is -0.463 e. The summed E-state index contributed by atoms with van der Waals surface area (Å²) >= 11 is 0. The molecular formula is C25H38O14. The average Bonchev–Trinajstić information content (AvgIpc) is 3.13. The van der Waals surface area contributed by atoms with Gasteiger partial charge < -0.3 is 54.0 Å². The van der Waals surface area contributed by atoms with E-state index < -0.39 is 91.7 Å². The number of hydrogen-bond donors (Lipinski definition) is 5. The van der Waals surface area contributed by atoms with Crippen LogP contribution < -0.4 is 0 Å². The predicted octanol–water partition coefficient (Wildman–Crippen LogP) is -1.51. The fourth-order valence-corrected chi connectivity index (χ4v) is 5.17. The monoisotopic (exact) mass is 562 g/mol. The molecule has 0 aromatic rings. The van der Waals surface area contributed by atoms with Crippen molar-refractivity contribution in [3.05, 3.63) is 11.8 Å². The van der Waals surface area contributed by atoms with Crippen LogP contribution in [0.15, 0.2) is 11.8 Å². The Morgan fingerprint density at radius 3 is 2.33 bits per heavy atom. The molecule has 39 heavy (non-hydrogen) atoms. The second-order valence-electron chi connectivity index (χ2n) is 10.5. The summed E-state index contributed by atoms with van der Waals surface area (Å²) in [4.78, 5) is 36.0. The summed E-state index contributed by atoms with van der Waals surface area (Å²) in [7, 11) is 0. The second-order valence-corrected chi connectivity index (χ2v) is 10.5. The van der Waals surface area contributed by atoms with Crippen LogP contribution in [0, 0.1) is 17.8 Å². The van der Waals surface area contributed by atoms with Gasteiger partial charge in [0.15, 0.2) is 6.29 Å². The highest BCUT2D eigenvalue weighted by Crippen LogP contribution is 2.51. The van der Waals surface area contributed by atoms with Gasteiger partial charge in [0.25, 0.3) is 0 Å². The lowest BCUT2D eigenvalue weighted by molar-refractivity contribution is -0.299. The van der Waals surface area contributed by atoms with Gasteiger partial charge in [0.1, 0.15) is 42.7 Å². The number of hydrogen-bond acceptors (Lipinski definition) is 14. The molecule has 14 nitrogen and oxygen atoms in total. The van der Waals surface area contributed by atoms with Crippen molar-refractivity contribution in [2.75, 3.05) is 19.8 Å². The van der Waals surface area contributed by atoms with Crippen LogP contribution in [-0.4, -0.2) is 112 Å². The Morgan fingerprint density at radius 2 is 1.74 bits per heavy atom. The third kappa shape index (κ3) is 7.06. The van der Waals surface area contributed by atoms with E-state index >= 15 is 0 Å². The predicted molar refractivity (Wildman–Crippen MR) is 127 cm³/mol. The van der Waals surface area contributed by atoms with Gasteiger partial charge >= 0.3 is 17.9 Å². The molecule has 5 N–H and O–H groups in total. The molecule has 0 amide bonds. The van der Waals surface area contributed by atoms with Crippen molar-refractivity contribution in [1.29, 1.82) is 0 Å². The lowest BCUT2D eigenvalue weighted by Crippen LogP contribution is -2.59. The molecule has 10 atom stereocenters. The quantitative estimate of drug-likeness (QED) is 0.152. The van der Waals surface area contributed by atoms with Crippen LogP contribution >= 0.6 is 0 Å². The number of carbonyl (C=O) groups excluding carboxylic acids is 3. The Bertz CT molecular complexity index is 918. The van der Waals surface area contributed by atoms with Crippen LogP contribution in [0.2, 0.25) is 0 Å².